The smallest absolute Gasteiger partial charge is 0.317 e. The maximum absolute atomic E-state index is 12.6. The Morgan fingerprint density at radius 2 is 1.72 bits per heavy atom. The second kappa shape index (κ2) is 10.6. The van der Waals surface area contributed by atoms with Crippen LogP contribution < -0.4 is 5.32 Å². The first kappa shape index (κ1) is 23.1. The third-order valence-corrected chi connectivity index (χ3v) is 6.98. The van der Waals surface area contributed by atoms with Crippen LogP contribution in [0.4, 0.5) is 4.79 Å². The summed E-state index contributed by atoms with van der Waals surface area (Å²) in [6, 6.07) is 0.102. The lowest BCUT2D eigenvalue weighted by molar-refractivity contribution is -0.122. The van der Waals surface area contributed by atoms with Crippen molar-refractivity contribution in [1.82, 2.24) is 28.4 Å². The number of imidazole rings is 1. The number of hydrogen-bond acceptors (Lipinski definition) is 5. The standard InChI is InChI=1S/C16H28N6O3S.CH2O2/c1-14(2)22-8-5-17-15(22)13-18-16(23)19-9-11-21(12-10-19)26(24,25)20-6-3-4-7-20;2-1-3/h5,8,14H,3-4,6-7,9-13H2,1-2H3,(H,18,23);1H,(H,2,3). The summed E-state index contributed by atoms with van der Waals surface area (Å²) < 4.78 is 30.2. The van der Waals surface area contributed by atoms with Gasteiger partial charge in [0, 0.05) is 57.7 Å². The van der Waals surface area contributed by atoms with Crippen molar-refractivity contribution < 1.29 is 23.1 Å². The van der Waals surface area contributed by atoms with E-state index in [0.29, 0.717) is 45.8 Å². The zero-order valence-electron chi connectivity index (χ0n) is 16.9. The number of nitrogens with zero attached hydrogens (tertiary/aromatic N) is 5. The number of carbonyl (C=O) groups excluding carboxylic acids is 1. The number of aromatic nitrogens is 2. The van der Waals surface area contributed by atoms with E-state index in [4.69, 9.17) is 9.90 Å². The molecule has 0 aliphatic carbocycles. The van der Waals surface area contributed by atoms with E-state index < -0.39 is 10.2 Å². The predicted molar refractivity (Wildman–Crippen MR) is 106 cm³/mol. The summed E-state index contributed by atoms with van der Waals surface area (Å²) in [4.78, 5) is 26.7. The van der Waals surface area contributed by atoms with Crippen molar-refractivity contribution in [3.63, 3.8) is 0 Å². The SMILES string of the molecule is CC(C)n1ccnc1CNC(=O)N1CCN(S(=O)(=O)N2CCCC2)CC1.O=CO. The van der Waals surface area contributed by atoms with Gasteiger partial charge in [0.05, 0.1) is 6.54 Å². The average molecular weight is 431 g/mol. The van der Waals surface area contributed by atoms with Gasteiger partial charge in [-0.2, -0.15) is 17.0 Å². The van der Waals surface area contributed by atoms with E-state index in [2.05, 4.69) is 24.1 Å². The number of nitrogens with one attached hydrogen (secondary N) is 1. The monoisotopic (exact) mass is 430 g/mol. The van der Waals surface area contributed by atoms with E-state index >= 15 is 0 Å². The Hall–Kier alpha value is -2.18. The van der Waals surface area contributed by atoms with Gasteiger partial charge in [0.1, 0.15) is 5.82 Å². The van der Waals surface area contributed by atoms with Crippen LogP contribution in [0.1, 0.15) is 38.6 Å². The maximum Gasteiger partial charge on any atom is 0.317 e. The highest BCUT2D eigenvalue weighted by Gasteiger charge is 2.34. The van der Waals surface area contributed by atoms with E-state index in [1.165, 1.54) is 4.31 Å². The van der Waals surface area contributed by atoms with Crippen molar-refractivity contribution in [2.24, 2.45) is 0 Å². The average Bonchev–Trinajstić information content (AvgIpc) is 3.39. The molecular weight excluding hydrogens is 400 g/mol. The molecule has 2 N–H and O–H groups in total. The Bertz CT molecular complexity index is 767. The molecule has 2 aliphatic heterocycles. The molecule has 0 saturated carbocycles. The van der Waals surface area contributed by atoms with Gasteiger partial charge < -0.3 is 19.9 Å². The van der Waals surface area contributed by atoms with Crippen LogP contribution in [0.2, 0.25) is 0 Å². The summed E-state index contributed by atoms with van der Waals surface area (Å²) in [6.45, 7) is 6.92. The normalized spacial score (nSPS) is 18.4. The number of rotatable bonds is 5. The summed E-state index contributed by atoms with van der Waals surface area (Å²) in [5.41, 5.74) is 0. The van der Waals surface area contributed by atoms with Crippen molar-refractivity contribution in [1.29, 1.82) is 0 Å². The molecule has 0 atom stereocenters. The molecule has 2 fully saturated rings. The van der Waals surface area contributed by atoms with Crippen molar-refractivity contribution in [2.45, 2.75) is 39.3 Å². The molecular formula is C17H30N6O5S. The van der Waals surface area contributed by atoms with Crippen LogP contribution in [-0.2, 0) is 21.5 Å². The van der Waals surface area contributed by atoms with Gasteiger partial charge in [-0.1, -0.05) is 0 Å². The molecule has 2 aliphatic rings. The van der Waals surface area contributed by atoms with Gasteiger partial charge in [-0.25, -0.2) is 9.78 Å². The van der Waals surface area contributed by atoms with Gasteiger partial charge in [0.15, 0.2) is 0 Å². The maximum atomic E-state index is 12.6. The molecule has 1 aromatic rings. The molecule has 2 saturated heterocycles. The third-order valence-electron chi connectivity index (χ3n) is 4.95. The first-order chi connectivity index (χ1) is 13.8. The van der Waals surface area contributed by atoms with Crippen LogP contribution in [0.3, 0.4) is 0 Å². The molecule has 0 unspecified atom stereocenters. The van der Waals surface area contributed by atoms with E-state index in [9.17, 15) is 13.2 Å². The fourth-order valence-electron chi connectivity index (χ4n) is 3.42. The topological polar surface area (TPSA) is 128 Å². The quantitative estimate of drug-likeness (QED) is 0.648. The van der Waals surface area contributed by atoms with Crippen LogP contribution in [0, 0.1) is 0 Å². The van der Waals surface area contributed by atoms with Crippen molar-refractivity contribution in [3.05, 3.63) is 18.2 Å². The summed E-state index contributed by atoms with van der Waals surface area (Å²) in [5, 5.41) is 9.77. The summed E-state index contributed by atoms with van der Waals surface area (Å²) in [7, 11) is -3.38. The lowest BCUT2D eigenvalue weighted by atomic mass is 10.3. The minimum atomic E-state index is -3.38. The molecule has 164 valence electrons. The van der Waals surface area contributed by atoms with E-state index in [-0.39, 0.29) is 18.5 Å². The Morgan fingerprint density at radius 1 is 1.17 bits per heavy atom. The molecule has 1 aromatic heterocycles. The molecule has 3 rings (SSSR count). The zero-order chi connectivity index (χ0) is 21.4. The van der Waals surface area contributed by atoms with Gasteiger partial charge in [0.25, 0.3) is 16.7 Å². The molecule has 0 aromatic carbocycles. The number of amides is 2. The first-order valence-corrected chi connectivity index (χ1v) is 11.1. The van der Waals surface area contributed by atoms with Crippen molar-refractivity contribution >= 4 is 22.7 Å². The predicted octanol–water partition coefficient (Wildman–Crippen LogP) is 0.333. The molecule has 29 heavy (non-hydrogen) atoms. The summed E-state index contributed by atoms with van der Waals surface area (Å²) >= 11 is 0. The summed E-state index contributed by atoms with van der Waals surface area (Å²) in [6.07, 6.45) is 5.47. The molecule has 0 radical (unpaired) electrons. The van der Waals surface area contributed by atoms with Crippen LogP contribution in [0.25, 0.3) is 0 Å². The fraction of sp³-hybridized carbons (Fsp3) is 0.706. The van der Waals surface area contributed by atoms with Gasteiger partial charge in [0.2, 0.25) is 0 Å². The van der Waals surface area contributed by atoms with Gasteiger partial charge in [-0.05, 0) is 26.7 Å². The van der Waals surface area contributed by atoms with Crippen molar-refractivity contribution in [2.75, 3.05) is 39.3 Å². The number of carbonyl (C=O) groups is 2. The number of carboxylic acid groups (broad SMARTS) is 1. The molecule has 0 spiro atoms. The first-order valence-electron chi connectivity index (χ1n) is 9.68. The molecule has 3 heterocycles. The minimum absolute atomic E-state index is 0.179. The highest BCUT2D eigenvalue weighted by Crippen LogP contribution is 2.18. The zero-order valence-corrected chi connectivity index (χ0v) is 17.7. The Labute approximate surface area is 171 Å². The largest absolute Gasteiger partial charge is 0.483 e. The van der Waals surface area contributed by atoms with E-state index in [1.54, 1.807) is 15.4 Å². The second-order valence-corrected chi connectivity index (χ2v) is 9.04. The van der Waals surface area contributed by atoms with E-state index in [0.717, 1.165) is 18.7 Å². The van der Waals surface area contributed by atoms with Crippen molar-refractivity contribution in [3.8, 4) is 0 Å². The van der Waals surface area contributed by atoms with Crippen LogP contribution in [0.15, 0.2) is 12.4 Å². The van der Waals surface area contributed by atoms with Crippen LogP contribution in [-0.4, -0.2) is 88.4 Å². The fourth-order valence-corrected chi connectivity index (χ4v) is 5.09. The highest BCUT2D eigenvalue weighted by atomic mass is 32.2. The molecule has 0 bridgehead atoms. The molecule has 11 nitrogen and oxygen atoms in total. The van der Waals surface area contributed by atoms with Gasteiger partial charge in [-0.15, -0.1) is 0 Å². The van der Waals surface area contributed by atoms with Crippen LogP contribution >= 0.6 is 0 Å². The lowest BCUT2D eigenvalue weighted by Gasteiger charge is -2.35. The summed E-state index contributed by atoms with van der Waals surface area (Å²) in [5.74, 6) is 0.809. The highest BCUT2D eigenvalue weighted by molar-refractivity contribution is 7.86. The third kappa shape index (κ3) is 5.90. The second-order valence-electron chi connectivity index (χ2n) is 7.11. The number of urea groups is 1. The Balaban J connectivity index is 0.000000941. The Morgan fingerprint density at radius 3 is 2.28 bits per heavy atom. The van der Waals surface area contributed by atoms with E-state index in [1.807, 2.05) is 10.8 Å². The number of hydrogen-bond donors (Lipinski definition) is 2. The van der Waals surface area contributed by atoms with Gasteiger partial charge in [-0.3, -0.25) is 4.79 Å². The minimum Gasteiger partial charge on any atom is -0.483 e. The molecule has 12 heteroatoms. The number of piperazine rings is 1. The lowest BCUT2D eigenvalue weighted by Crippen LogP contribution is -2.55. The van der Waals surface area contributed by atoms with Crippen LogP contribution in [0.5, 0.6) is 0 Å². The molecule has 2 amide bonds. The van der Waals surface area contributed by atoms with Gasteiger partial charge >= 0.3 is 6.03 Å². The Kier molecular flexibility index (Phi) is 8.41.